The van der Waals surface area contributed by atoms with E-state index in [9.17, 15) is 10.2 Å². The summed E-state index contributed by atoms with van der Waals surface area (Å²) in [5.74, 6) is 0.0359. The molecule has 2 rings (SSSR count). The number of nitrogens with zero attached hydrogens (tertiary/aromatic N) is 3. The summed E-state index contributed by atoms with van der Waals surface area (Å²) in [6, 6.07) is 15.3. The molecule has 7 heteroatoms. The van der Waals surface area contributed by atoms with Gasteiger partial charge in [-0.25, -0.2) is 0 Å². The Bertz CT molecular complexity index is 807. The van der Waals surface area contributed by atoms with E-state index in [1.807, 2.05) is 12.1 Å². The maximum Gasteiger partial charge on any atom is 2.00 e. The zero-order valence-electron chi connectivity index (χ0n) is 20.1. The fourth-order valence-electron chi connectivity index (χ4n) is 3.44. The second kappa shape index (κ2) is 15.8. The first kappa shape index (κ1) is 29.1. The molecule has 0 heterocycles. The van der Waals surface area contributed by atoms with Crippen LogP contribution in [0.25, 0.3) is 0 Å². The van der Waals surface area contributed by atoms with Gasteiger partial charge in [-0.15, -0.1) is 11.5 Å². The summed E-state index contributed by atoms with van der Waals surface area (Å²) in [7, 11) is -1.03. The summed E-state index contributed by atoms with van der Waals surface area (Å²) < 4.78 is 0. The molecule has 2 aromatic carbocycles. The summed E-state index contributed by atoms with van der Waals surface area (Å²) in [6.45, 7) is 11.8. The SMILES string of the molecule is C[Si](C)(C)CCCN(CCCN=Cc1ccccc1[O-])CCCN=Cc1ccccc1[O-].[Cu+2]. The van der Waals surface area contributed by atoms with Crippen molar-refractivity contribution in [3.63, 3.8) is 0 Å². The summed E-state index contributed by atoms with van der Waals surface area (Å²) in [5.41, 5.74) is 1.30. The van der Waals surface area contributed by atoms with Gasteiger partial charge in [0.1, 0.15) is 0 Å². The third-order valence-electron chi connectivity index (χ3n) is 5.22. The number of aliphatic imine (C=N–C) groups is 2. The van der Waals surface area contributed by atoms with Gasteiger partial charge < -0.3 is 15.1 Å². The van der Waals surface area contributed by atoms with Crippen molar-refractivity contribution in [2.45, 2.75) is 44.9 Å². The molecule has 0 fully saturated rings. The number of hydrogen-bond donors (Lipinski definition) is 0. The van der Waals surface area contributed by atoms with Gasteiger partial charge in [-0.2, -0.15) is 0 Å². The van der Waals surface area contributed by atoms with Crippen LogP contribution in [0, 0.1) is 0 Å². The van der Waals surface area contributed by atoms with Gasteiger partial charge in [0.15, 0.2) is 0 Å². The molecule has 0 spiro atoms. The van der Waals surface area contributed by atoms with E-state index in [0.717, 1.165) is 45.6 Å². The molecule has 0 saturated heterocycles. The third-order valence-corrected chi connectivity index (χ3v) is 7.08. The molecule has 1 radical (unpaired) electrons. The van der Waals surface area contributed by atoms with Crippen LogP contribution in [0.4, 0.5) is 0 Å². The Balaban J connectivity index is 0.00000544. The predicted octanol–water partition coefficient (Wildman–Crippen LogP) is 4.18. The summed E-state index contributed by atoms with van der Waals surface area (Å²) in [6.07, 6.45) is 6.56. The molecule has 0 unspecified atom stereocenters. The Morgan fingerprint density at radius 1 is 0.727 bits per heavy atom. The molecule has 0 aliphatic heterocycles. The van der Waals surface area contributed by atoms with E-state index in [0.29, 0.717) is 11.1 Å². The molecule has 33 heavy (non-hydrogen) atoms. The fraction of sp³-hybridized carbons (Fsp3) is 0.462. The van der Waals surface area contributed by atoms with Crippen LogP contribution in [-0.2, 0) is 17.1 Å². The quantitative estimate of drug-likeness (QED) is 0.215. The number of benzene rings is 2. The Morgan fingerprint density at radius 2 is 1.15 bits per heavy atom. The maximum absolute atomic E-state index is 11.7. The molecule has 0 amide bonds. The molecule has 0 atom stereocenters. The summed E-state index contributed by atoms with van der Waals surface area (Å²) in [4.78, 5) is 11.4. The van der Waals surface area contributed by atoms with Crippen LogP contribution < -0.4 is 10.2 Å². The molecule has 183 valence electrons. The Kier molecular flexibility index (Phi) is 14.0. The smallest absolute Gasteiger partial charge is 0.872 e. The number of rotatable bonds is 14. The van der Waals surface area contributed by atoms with Crippen molar-refractivity contribution in [3.8, 4) is 11.5 Å². The third kappa shape index (κ3) is 12.8. The molecule has 2 aromatic rings. The topological polar surface area (TPSA) is 74.1 Å². The Labute approximate surface area is 211 Å². The van der Waals surface area contributed by atoms with E-state index >= 15 is 0 Å². The van der Waals surface area contributed by atoms with Gasteiger partial charge >= 0.3 is 17.1 Å². The maximum atomic E-state index is 11.7. The summed E-state index contributed by atoms with van der Waals surface area (Å²) >= 11 is 0. The molecule has 0 aliphatic rings. The summed E-state index contributed by atoms with van der Waals surface area (Å²) in [5, 5.41) is 23.5. The first-order chi connectivity index (χ1) is 15.3. The molecule has 5 nitrogen and oxygen atoms in total. The minimum Gasteiger partial charge on any atom is -0.872 e. The molecule has 0 N–H and O–H groups in total. The van der Waals surface area contributed by atoms with Gasteiger partial charge in [-0.3, -0.25) is 9.98 Å². The average molecular weight is 515 g/mol. The van der Waals surface area contributed by atoms with E-state index < -0.39 is 8.07 Å². The van der Waals surface area contributed by atoms with Crippen molar-refractivity contribution in [3.05, 3.63) is 59.7 Å². The second-order valence-corrected chi connectivity index (χ2v) is 15.0. The Hall–Kier alpha value is -1.92. The van der Waals surface area contributed by atoms with E-state index in [1.165, 1.54) is 12.5 Å². The van der Waals surface area contributed by atoms with Crippen LogP contribution in [-0.4, -0.2) is 58.1 Å². The molecular weight excluding hydrogens is 478 g/mol. The van der Waals surface area contributed by atoms with Crippen molar-refractivity contribution in [2.24, 2.45) is 9.98 Å². The van der Waals surface area contributed by atoms with Crippen molar-refractivity contribution < 1.29 is 27.3 Å². The van der Waals surface area contributed by atoms with E-state index in [4.69, 9.17) is 0 Å². The molecular formula is C26H37CuN3O2Si. The zero-order chi connectivity index (χ0) is 23.2. The molecule has 0 saturated carbocycles. The number of hydrogen-bond acceptors (Lipinski definition) is 5. The molecule has 0 aromatic heterocycles. The largest absolute Gasteiger partial charge is 2.00 e. The van der Waals surface area contributed by atoms with Crippen molar-refractivity contribution in [2.75, 3.05) is 32.7 Å². The van der Waals surface area contributed by atoms with Crippen molar-refractivity contribution >= 4 is 20.5 Å². The first-order valence-corrected chi connectivity index (χ1v) is 15.3. The second-order valence-electron chi connectivity index (χ2n) is 9.36. The Morgan fingerprint density at radius 3 is 1.58 bits per heavy atom. The molecule has 0 bridgehead atoms. The van der Waals surface area contributed by atoms with E-state index in [1.54, 1.807) is 48.8 Å². The minimum absolute atomic E-state index is 0. The monoisotopic (exact) mass is 514 g/mol. The van der Waals surface area contributed by atoms with Crippen LogP contribution in [0.3, 0.4) is 0 Å². The standard InChI is InChI=1S/C26H39N3O2Si.Cu/c1-32(2,3)20-10-19-29(17-8-15-27-21-23-11-4-6-13-25(23)30)18-9-16-28-22-24-12-5-7-14-26(24)31;/h4-7,11-14,21-22,30-31H,8-10,15-20H2,1-3H3;/q;+2/p-2. The van der Waals surface area contributed by atoms with Crippen LogP contribution in [0.1, 0.15) is 30.4 Å². The fourth-order valence-corrected chi connectivity index (χ4v) is 4.66. The normalized spacial score (nSPS) is 12.0. The van der Waals surface area contributed by atoms with E-state index in [-0.39, 0.29) is 28.6 Å². The van der Waals surface area contributed by atoms with Crippen LogP contribution in [0.2, 0.25) is 25.7 Å². The van der Waals surface area contributed by atoms with Gasteiger partial charge in [0.2, 0.25) is 0 Å². The van der Waals surface area contributed by atoms with Crippen LogP contribution >= 0.6 is 0 Å². The van der Waals surface area contributed by atoms with Crippen LogP contribution in [0.5, 0.6) is 11.5 Å². The predicted molar refractivity (Wildman–Crippen MR) is 135 cm³/mol. The van der Waals surface area contributed by atoms with Crippen LogP contribution in [0.15, 0.2) is 58.5 Å². The van der Waals surface area contributed by atoms with Gasteiger partial charge in [-0.05, 0) is 50.0 Å². The van der Waals surface area contributed by atoms with Gasteiger partial charge in [0.05, 0.1) is 0 Å². The van der Waals surface area contributed by atoms with Gasteiger partial charge in [0.25, 0.3) is 0 Å². The number of para-hydroxylation sites is 2. The van der Waals surface area contributed by atoms with Crippen molar-refractivity contribution in [1.29, 1.82) is 0 Å². The first-order valence-electron chi connectivity index (χ1n) is 11.6. The zero-order valence-corrected chi connectivity index (χ0v) is 22.0. The average Bonchev–Trinajstić information content (AvgIpc) is 2.74. The molecule has 0 aliphatic carbocycles. The van der Waals surface area contributed by atoms with Crippen molar-refractivity contribution in [1.82, 2.24) is 4.90 Å². The van der Waals surface area contributed by atoms with Gasteiger partial charge in [0, 0.05) is 33.6 Å². The minimum atomic E-state index is -1.03. The van der Waals surface area contributed by atoms with Gasteiger partial charge in [-0.1, -0.05) is 74.2 Å². The van der Waals surface area contributed by atoms with E-state index in [2.05, 4.69) is 34.5 Å².